The first-order valence-electron chi connectivity index (χ1n) is 11.2. The SMILES string of the molecule is COc1ccc(C(=O)N2CCSC23CCN(C(=O)c2ccc(C(C)(C)C)cc2)CC3)cc1. The summed E-state index contributed by atoms with van der Waals surface area (Å²) in [5, 5.41) is 0. The number of rotatable bonds is 3. The molecule has 2 aliphatic heterocycles. The van der Waals surface area contributed by atoms with Crippen molar-refractivity contribution in [3.05, 3.63) is 65.2 Å². The lowest BCUT2D eigenvalue weighted by Crippen LogP contribution is -2.53. The van der Waals surface area contributed by atoms with Crippen molar-refractivity contribution < 1.29 is 14.3 Å². The molecule has 2 amide bonds. The van der Waals surface area contributed by atoms with Crippen molar-refractivity contribution >= 4 is 23.6 Å². The molecule has 170 valence electrons. The van der Waals surface area contributed by atoms with Crippen molar-refractivity contribution in [1.29, 1.82) is 0 Å². The topological polar surface area (TPSA) is 49.9 Å². The summed E-state index contributed by atoms with van der Waals surface area (Å²) in [4.78, 5) is 30.1. The van der Waals surface area contributed by atoms with Crippen LogP contribution in [0.3, 0.4) is 0 Å². The molecule has 1 spiro atoms. The van der Waals surface area contributed by atoms with Crippen LogP contribution >= 0.6 is 11.8 Å². The maximum atomic E-state index is 13.3. The minimum Gasteiger partial charge on any atom is -0.497 e. The number of carbonyl (C=O) groups excluding carboxylic acids is 2. The molecule has 2 aromatic rings. The summed E-state index contributed by atoms with van der Waals surface area (Å²) >= 11 is 1.86. The molecular weight excluding hydrogens is 420 g/mol. The van der Waals surface area contributed by atoms with Crippen LogP contribution in [0.15, 0.2) is 48.5 Å². The second kappa shape index (κ2) is 8.81. The fourth-order valence-electron chi connectivity index (χ4n) is 4.55. The molecule has 2 heterocycles. The monoisotopic (exact) mass is 452 g/mol. The van der Waals surface area contributed by atoms with E-state index < -0.39 is 0 Å². The van der Waals surface area contributed by atoms with Crippen LogP contribution in [0.25, 0.3) is 0 Å². The van der Waals surface area contributed by atoms with E-state index >= 15 is 0 Å². The molecule has 2 fully saturated rings. The van der Waals surface area contributed by atoms with Crippen LogP contribution < -0.4 is 4.74 Å². The van der Waals surface area contributed by atoms with Gasteiger partial charge in [0.25, 0.3) is 11.8 Å². The van der Waals surface area contributed by atoms with Gasteiger partial charge in [0.05, 0.1) is 12.0 Å². The first-order chi connectivity index (χ1) is 15.2. The van der Waals surface area contributed by atoms with Crippen LogP contribution in [0.4, 0.5) is 0 Å². The highest BCUT2D eigenvalue weighted by Crippen LogP contribution is 2.44. The van der Waals surface area contributed by atoms with Crippen LogP contribution in [0.1, 0.15) is 59.9 Å². The van der Waals surface area contributed by atoms with Crippen LogP contribution in [0, 0.1) is 0 Å². The molecule has 2 aromatic carbocycles. The third-order valence-corrected chi connectivity index (χ3v) is 8.14. The van der Waals surface area contributed by atoms with E-state index in [0.29, 0.717) is 18.7 Å². The largest absolute Gasteiger partial charge is 0.497 e. The second-order valence-electron chi connectivity index (χ2n) is 9.60. The number of hydrogen-bond acceptors (Lipinski definition) is 4. The normalized spacial score (nSPS) is 18.1. The van der Waals surface area contributed by atoms with Gasteiger partial charge in [0.15, 0.2) is 0 Å². The summed E-state index contributed by atoms with van der Waals surface area (Å²) in [7, 11) is 1.62. The van der Waals surface area contributed by atoms with Gasteiger partial charge in [-0.3, -0.25) is 9.59 Å². The van der Waals surface area contributed by atoms with Gasteiger partial charge in [-0.05, 0) is 60.2 Å². The Morgan fingerprint density at radius 1 is 0.875 bits per heavy atom. The molecule has 0 aromatic heterocycles. The lowest BCUT2D eigenvalue weighted by Gasteiger charge is -2.44. The summed E-state index contributed by atoms with van der Waals surface area (Å²) in [5.41, 5.74) is 2.71. The summed E-state index contributed by atoms with van der Waals surface area (Å²) in [6.45, 7) is 8.60. The van der Waals surface area contributed by atoms with Gasteiger partial charge in [0.2, 0.25) is 0 Å². The molecule has 0 unspecified atom stereocenters. The Hall–Kier alpha value is -2.47. The second-order valence-corrected chi connectivity index (χ2v) is 11.1. The van der Waals surface area contributed by atoms with E-state index in [9.17, 15) is 9.59 Å². The molecule has 32 heavy (non-hydrogen) atoms. The Bertz CT molecular complexity index is 972. The standard InChI is InChI=1S/C26H32N2O3S/c1-25(2,3)21-9-5-19(6-10-21)23(29)27-15-13-26(14-16-27)28(17-18-32-26)24(30)20-7-11-22(31-4)12-8-20/h5-12H,13-18H2,1-4H3. The van der Waals surface area contributed by atoms with Crippen LogP contribution in [0.2, 0.25) is 0 Å². The summed E-state index contributed by atoms with van der Waals surface area (Å²) in [5.74, 6) is 1.82. The first-order valence-corrected chi connectivity index (χ1v) is 12.2. The Morgan fingerprint density at radius 3 is 2.00 bits per heavy atom. The van der Waals surface area contributed by atoms with Crippen LogP contribution in [-0.2, 0) is 5.41 Å². The molecule has 2 aliphatic rings. The van der Waals surface area contributed by atoms with Crippen LogP contribution in [-0.4, -0.2) is 59.0 Å². The number of amides is 2. The van der Waals surface area contributed by atoms with E-state index in [1.54, 1.807) is 7.11 Å². The molecule has 0 aliphatic carbocycles. The van der Waals surface area contributed by atoms with Gasteiger partial charge in [-0.25, -0.2) is 0 Å². The fourth-order valence-corrected chi connectivity index (χ4v) is 6.01. The Balaban J connectivity index is 1.43. The minimum absolute atomic E-state index is 0.0650. The van der Waals surface area contributed by atoms with Crippen molar-refractivity contribution in [3.63, 3.8) is 0 Å². The van der Waals surface area contributed by atoms with E-state index in [4.69, 9.17) is 4.74 Å². The van der Waals surface area contributed by atoms with Gasteiger partial charge in [-0.15, -0.1) is 11.8 Å². The molecule has 2 saturated heterocycles. The first kappa shape index (κ1) is 22.7. The van der Waals surface area contributed by atoms with E-state index in [1.165, 1.54) is 5.56 Å². The molecular formula is C26H32N2O3S. The molecule has 4 rings (SSSR count). The molecule has 6 heteroatoms. The van der Waals surface area contributed by atoms with Gasteiger partial charge in [0, 0.05) is 36.5 Å². The molecule has 0 bridgehead atoms. The number of benzene rings is 2. The number of thioether (sulfide) groups is 1. The number of methoxy groups -OCH3 is 1. The third-order valence-electron chi connectivity index (χ3n) is 6.59. The molecule has 0 radical (unpaired) electrons. The van der Waals surface area contributed by atoms with Crippen LogP contribution in [0.5, 0.6) is 5.75 Å². The van der Waals surface area contributed by atoms with Gasteiger partial charge in [-0.2, -0.15) is 0 Å². The van der Waals surface area contributed by atoms with Crippen molar-refractivity contribution in [2.24, 2.45) is 0 Å². The van der Waals surface area contributed by atoms with Crippen molar-refractivity contribution in [2.45, 2.75) is 43.9 Å². The highest BCUT2D eigenvalue weighted by atomic mass is 32.2. The lowest BCUT2D eigenvalue weighted by molar-refractivity contribution is 0.0498. The average Bonchev–Trinajstić information content (AvgIpc) is 3.21. The Morgan fingerprint density at radius 2 is 1.44 bits per heavy atom. The van der Waals surface area contributed by atoms with Gasteiger partial charge in [0.1, 0.15) is 5.75 Å². The molecule has 0 N–H and O–H groups in total. The van der Waals surface area contributed by atoms with Gasteiger partial charge >= 0.3 is 0 Å². The summed E-state index contributed by atoms with van der Waals surface area (Å²) in [6.07, 6.45) is 1.59. The van der Waals surface area contributed by atoms with E-state index in [0.717, 1.165) is 36.5 Å². The van der Waals surface area contributed by atoms with Crippen molar-refractivity contribution in [1.82, 2.24) is 9.80 Å². The quantitative estimate of drug-likeness (QED) is 0.670. The predicted octanol–water partition coefficient (Wildman–Crippen LogP) is 4.81. The van der Waals surface area contributed by atoms with E-state index in [2.05, 4.69) is 32.9 Å². The van der Waals surface area contributed by atoms with Gasteiger partial charge in [-0.1, -0.05) is 32.9 Å². The number of nitrogens with zero attached hydrogens (tertiary/aromatic N) is 2. The smallest absolute Gasteiger partial charge is 0.255 e. The zero-order valence-corrected chi connectivity index (χ0v) is 20.2. The maximum absolute atomic E-state index is 13.3. The molecule has 0 saturated carbocycles. The lowest BCUT2D eigenvalue weighted by atomic mass is 9.86. The highest BCUT2D eigenvalue weighted by molar-refractivity contribution is 8.00. The van der Waals surface area contributed by atoms with Gasteiger partial charge < -0.3 is 14.5 Å². The number of carbonyl (C=O) groups is 2. The third kappa shape index (κ3) is 4.38. The van der Waals surface area contributed by atoms with E-state index in [-0.39, 0.29) is 22.1 Å². The predicted molar refractivity (Wildman–Crippen MR) is 129 cm³/mol. The Kier molecular flexibility index (Phi) is 6.26. The number of ether oxygens (including phenoxy) is 1. The zero-order valence-electron chi connectivity index (χ0n) is 19.4. The van der Waals surface area contributed by atoms with Crippen molar-refractivity contribution in [2.75, 3.05) is 32.5 Å². The maximum Gasteiger partial charge on any atom is 0.255 e. The number of piperidine rings is 1. The molecule has 0 atom stereocenters. The Labute approximate surface area is 195 Å². The molecule has 5 nitrogen and oxygen atoms in total. The van der Waals surface area contributed by atoms with E-state index in [1.807, 2.05) is 58.0 Å². The highest BCUT2D eigenvalue weighted by Gasteiger charge is 2.47. The number of likely N-dealkylation sites (tertiary alicyclic amines) is 1. The van der Waals surface area contributed by atoms with Crippen molar-refractivity contribution in [3.8, 4) is 5.75 Å². The minimum atomic E-state index is -0.218. The fraction of sp³-hybridized carbons (Fsp3) is 0.462. The average molecular weight is 453 g/mol. The summed E-state index contributed by atoms with van der Waals surface area (Å²) < 4.78 is 5.21. The number of hydrogen-bond donors (Lipinski definition) is 0. The summed E-state index contributed by atoms with van der Waals surface area (Å²) in [6, 6.07) is 15.3. The zero-order chi connectivity index (χ0) is 22.9.